The number of nitriles is 2. The van der Waals surface area contributed by atoms with E-state index in [2.05, 4.69) is 28.1 Å². The van der Waals surface area contributed by atoms with Crippen molar-refractivity contribution < 1.29 is 9.53 Å². The minimum absolute atomic E-state index is 0.167. The lowest BCUT2D eigenvalue weighted by Gasteiger charge is -2.11. The van der Waals surface area contributed by atoms with E-state index in [9.17, 15) is 15.3 Å². The molecule has 120 valence electrons. The second-order valence-corrected chi connectivity index (χ2v) is 7.25. The highest BCUT2D eigenvalue weighted by atomic mass is 79.9. The van der Waals surface area contributed by atoms with Gasteiger partial charge in [-0.25, -0.2) is 0 Å². The van der Waals surface area contributed by atoms with Gasteiger partial charge in [0.2, 0.25) is 0 Å². The number of carbonyl (C=O) groups is 1. The number of hydrogen-bond acceptors (Lipinski definition) is 5. The summed E-state index contributed by atoms with van der Waals surface area (Å²) in [7, 11) is 0. The number of nitrogens with zero attached hydrogens (tertiary/aromatic N) is 2. The fourth-order valence-electron chi connectivity index (χ4n) is 3.45. The number of ether oxygens (including phenoxy) is 1. The maximum Gasteiger partial charge on any atom is 0.329 e. The SMILES string of the molecule is CCOC(=O)[C@@]1(C#N)[C@H](c2ccc(Br)cc2)[C@@]1(C#N)c1ccsc1. The van der Waals surface area contributed by atoms with Gasteiger partial charge in [0.05, 0.1) is 18.7 Å². The van der Waals surface area contributed by atoms with Crippen LogP contribution in [0.4, 0.5) is 0 Å². The summed E-state index contributed by atoms with van der Waals surface area (Å²) < 4.78 is 6.06. The second kappa shape index (κ2) is 6.05. The van der Waals surface area contributed by atoms with Gasteiger partial charge in [0, 0.05) is 10.4 Å². The molecule has 0 saturated heterocycles. The number of hydrogen-bond donors (Lipinski definition) is 0. The molecule has 0 spiro atoms. The quantitative estimate of drug-likeness (QED) is 0.722. The Labute approximate surface area is 152 Å². The van der Waals surface area contributed by atoms with Gasteiger partial charge in [-0.05, 0) is 47.0 Å². The number of benzene rings is 1. The molecule has 0 amide bonds. The van der Waals surface area contributed by atoms with E-state index >= 15 is 0 Å². The molecular formula is C18H13BrN2O2S. The van der Waals surface area contributed by atoms with E-state index < -0.39 is 22.7 Å². The van der Waals surface area contributed by atoms with Gasteiger partial charge in [-0.1, -0.05) is 28.1 Å². The van der Waals surface area contributed by atoms with Crippen LogP contribution in [0.5, 0.6) is 0 Å². The smallest absolute Gasteiger partial charge is 0.329 e. The van der Waals surface area contributed by atoms with E-state index in [4.69, 9.17) is 4.74 Å². The number of esters is 1. The zero-order chi connectivity index (χ0) is 17.4. The van der Waals surface area contributed by atoms with Gasteiger partial charge in [0.25, 0.3) is 0 Å². The zero-order valence-electron chi connectivity index (χ0n) is 12.8. The molecule has 3 rings (SSSR count). The topological polar surface area (TPSA) is 73.9 Å². The van der Waals surface area contributed by atoms with Crippen LogP contribution in [0.3, 0.4) is 0 Å². The van der Waals surface area contributed by atoms with Gasteiger partial charge in [-0.2, -0.15) is 21.9 Å². The van der Waals surface area contributed by atoms with Crippen LogP contribution in [0.1, 0.15) is 24.0 Å². The average molecular weight is 401 g/mol. The summed E-state index contributed by atoms with van der Waals surface area (Å²) in [6.07, 6.45) is 0. The van der Waals surface area contributed by atoms with Crippen LogP contribution in [0, 0.1) is 28.1 Å². The van der Waals surface area contributed by atoms with E-state index in [-0.39, 0.29) is 6.61 Å². The molecule has 2 aromatic rings. The molecule has 0 bridgehead atoms. The lowest BCUT2D eigenvalue weighted by atomic mass is 9.89. The van der Waals surface area contributed by atoms with Gasteiger partial charge >= 0.3 is 5.97 Å². The molecule has 1 fully saturated rings. The van der Waals surface area contributed by atoms with E-state index in [1.54, 1.807) is 13.0 Å². The van der Waals surface area contributed by atoms with Crippen LogP contribution in [-0.4, -0.2) is 12.6 Å². The standard InChI is InChI=1S/C18H13BrN2O2S/c1-2-23-16(22)18(11-21)15(12-3-5-14(19)6-4-12)17(18,10-20)13-7-8-24-9-13/h3-9,15H,2H2,1H3/t15-,17-,18-/m1/s1. The molecule has 0 aliphatic heterocycles. The van der Waals surface area contributed by atoms with Crippen molar-refractivity contribution in [3.05, 3.63) is 56.7 Å². The third-order valence-corrected chi connectivity index (χ3v) is 5.75. The normalized spacial score (nSPS) is 27.8. The number of carbonyl (C=O) groups excluding carboxylic acids is 1. The van der Waals surface area contributed by atoms with E-state index in [1.807, 2.05) is 35.0 Å². The Morgan fingerprint density at radius 3 is 2.50 bits per heavy atom. The maximum atomic E-state index is 12.7. The van der Waals surface area contributed by atoms with Crippen molar-refractivity contribution in [1.82, 2.24) is 0 Å². The molecule has 0 radical (unpaired) electrons. The van der Waals surface area contributed by atoms with Gasteiger partial charge in [-0.15, -0.1) is 0 Å². The van der Waals surface area contributed by atoms with Gasteiger partial charge in [0.1, 0.15) is 5.41 Å². The first-order chi connectivity index (χ1) is 11.6. The number of thiophene rings is 1. The molecule has 1 aliphatic carbocycles. The minimum Gasteiger partial charge on any atom is -0.465 e. The van der Waals surface area contributed by atoms with Crippen molar-refractivity contribution in [2.45, 2.75) is 18.3 Å². The van der Waals surface area contributed by atoms with Crippen LogP contribution in [0.15, 0.2) is 45.6 Å². The molecule has 1 heterocycles. The van der Waals surface area contributed by atoms with Crippen molar-refractivity contribution in [3.63, 3.8) is 0 Å². The first-order valence-electron chi connectivity index (χ1n) is 7.36. The Balaban J connectivity index is 2.21. The lowest BCUT2D eigenvalue weighted by Crippen LogP contribution is -2.26. The molecule has 1 aliphatic rings. The van der Waals surface area contributed by atoms with Crippen molar-refractivity contribution >= 4 is 33.2 Å². The Kier molecular flexibility index (Phi) is 4.21. The Morgan fingerprint density at radius 1 is 1.29 bits per heavy atom. The third kappa shape index (κ3) is 2.04. The molecule has 0 N–H and O–H groups in total. The average Bonchev–Trinajstić information content (AvgIpc) is 2.90. The Hall–Kier alpha value is -2.15. The van der Waals surface area contributed by atoms with E-state index in [1.165, 1.54) is 11.3 Å². The van der Waals surface area contributed by atoms with Crippen molar-refractivity contribution in [3.8, 4) is 12.1 Å². The predicted octanol–water partition coefficient (Wildman–Crippen LogP) is 4.14. The van der Waals surface area contributed by atoms with Crippen LogP contribution >= 0.6 is 27.3 Å². The Bertz CT molecular complexity index is 851. The monoisotopic (exact) mass is 400 g/mol. The number of halogens is 1. The first kappa shape index (κ1) is 16.7. The first-order valence-corrected chi connectivity index (χ1v) is 9.10. The van der Waals surface area contributed by atoms with Gasteiger partial charge in [0.15, 0.2) is 5.41 Å². The van der Waals surface area contributed by atoms with Crippen LogP contribution in [-0.2, 0) is 14.9 Å². The third-order valence-electron chi connectivity index (χ3n) is 4.53. The molecule has 1 saturated carbocycles. The molecule has 0 unspecified atom stereocenters. The summed E-state index contributed by atoms with van der Waals surface area (Å²) in [6.45, 7) is 1.86. The van der Waals surface area contributed by atoms with E-state index in [0.29, 0.717) is 5.56 Å². The molecule has 3 atom stereocenters. The molecule has 24 heavy (non-hydrogen) atoms. The van der Waals surface area contributed by atoms with Crippen molar-refractivity contribution in [2.24, 2.45) is 5.41 Å². The van der Waals surface area contributed by atoms with Gasteiger partial charge in [-0.3, -0.25) is 4.79 Å². The fourth-order valence-corrected chi connectivity index (χ4v) is 4.43. The molecule has 1 aromatic heterocycles. The highest BCUT2D eigenvalue weighted by Crippen LogP contribution is 2.74. The number of rotatable bonds is 4. The highest BCUT2D eigenvalue weighted by molar-refractivity contribution is 9.10. The lowest BCUT2D eigenvalue weighted by molar-refractivity contribution is -0.148. The van der Waals surface area contributed by atoms with Crippen LogP contribution in [0.25, 0.3) is 0 Å². The summed E-state index contributed by atoms with van der Waals surface area (Å²) in [5.74, 6) is -1.19. The van der Waals surface area contributed by atoms with Crippen LogP contribution < -0.4 is 0 Å². The highest BCUT2D eigenvalue weighted by Gasteiger charge is 2.85. The van der Waals surface area contributed by atoms with Crippen molar-refractivity contribution in [1.29, 1.82) is 10.5 Å². The summed E-state index contributed by atoms with van der Waals surface area (Å²) >= 11 is 4.82. The zero-order valence-corrected chi connectivity index (χ0v) is 15.2. The van der Waals surface area contributed by atoms with E-state index in [0.717, 1.165) is 10.0 Å². The van der Waals surface area contributed by atoms with Crippen LogP contribution in [0.2, 0.25) is 0 Å². The van der Waals surface area contributed by atoms with Gasteiger partial charge < -0.3 is 4.74 Å². The summed E-state index contributed by atoms with van der Waals surface area (Å²) in [6, 6.07) is 13.6. The fraction of sp³-hybridized carbons (Fsp3) is 0.278. The minimum atomic E-state index is -1.52. The second-order valence-electron chi connectivity index (χ2n) is 5.56. The molecule has 4 nitrogen and oxygen atoms in total. The molecule has 6 heteroatoms. The maximum absolute atomic E-state index is 12.7. The Morgan fingerprint density at radius 2 is 2.00 bits per heavy atom. The summed E-state index contributed by atoms with van der Waals surface area (Å²) in [5.41, 5.74) is -1.27. The predicted molar refractivity (Wildman–Crippen MR) is 93.2 cm³/mol. The molecular weight excluding hydrogens is 388 g/mol. The van der Waals surface area contributed by atoms with Crippen molar-refractivity contribution in [2.75, 3.05) is 6.61 Å². The summed E-state index contributed by atoms with van der Waals surface area (Å²) in [4.78, 5) is 12.7. The summed E-state index contributed by atoms with van der Waals surface area (Å²) in [5, 5.41) is 23.6. The largest absolute Gasteiger partial charge is 0.465 e. The molecule has 1 aromatic carbocycles.